The monoisotopic (exact) mass is 341 g/mol. The van der Waals surface area contributed by atoms with Gasteiger partial charge < -0.3 is 4.57 Å². The normalized spacial score (nSPS) is 12.8. The number of benzene rings is 2. The summed E-state index contributed by atoms with van der Waals surface area (Å²) in [4.78, 5) is 5.06. The van der Waals surface area contributed by atoms with Gasteiger partial charge in [0.05, 0.1) is 11.0 Å². The van der Waals surface area contributed by atoms with E-state index in [2.05, 4.69) is 91.6 Å². The lowest BCUT2D eigenvalue weighted by Crippen LogP contribution is -2.16. The molecule has 0 radical (unpaired) electrons. The predicted octanol–water partition coefficient (Wildman–Crippen LogP) is 5.82. The van der Waals surface area contributed by atoms with Crippen LogP contribution in [0.4, 0.5) is 0 Å². The van der Waals surface area contributed by atoms with E-state index in [-0.39, 0.29) is 5.41 Å². The maximum atomic E-state index is 5.06. The zero-order valence-corrected chi connectivity index (χ0v) is 15.7. The van der Waals surface area contributed by atoms with Crippen LogP contribution >= 0.6 is 0 Å². The molecule has 0 N–H and O–H groups in total. The van der Waals surface area contributed by atoms with Crippen molar-refractivity contribution in [2.75, 3.05) is 0 Å². The van der Waals surface area contributed by atoms with Gasteiger partial charge in [-0.05, 0) is 47.1 Å². The number of nitrogens with zero attached hydrogens (tertiary/aromatic N) is 3. The molecule has 3 heterocycles. The first-order valence-electron chi connectivity index (χ1n) is 9.29. The molecule has 0 amide bonds. The molecular weight excluding hydrogens is 318 g/mol. The SMILES string of the molecule is CCC(C)(C)c1cccc2ccn3c4cc5c(ccn5C)cc4nc3c12. The third kappa shape index (κ3) is 1.97. The molecule has 0 atom stereocenters. The summed E-state index contributed by atoms with van der Waals surface area (Å²) in [6, 6.07) is 15.5. The van der Waals surface area contributed by atoms with Gasteiger partial charge in [-0.25, -0.2) is 4.98 Å². The quantitative estimate of drug-likeness (QED) is 0.396. The zero-order valence-electron chi connectivity index (χ0n) is 15.7. The number of hydrogen-bond acceptors (Lipinski definition) is 1. The molecule has 0 spiro atoms. The summed E-state index contributed by atoms with van der Waals surface area (Å²) >= 11 is 0. The van der Waals surface area contributed by atoms with Crippen LogP contribution in [-0.4, -0.2) is 14.0 Å². The van der Waals surface area contributed by atoms with Gasteiger partial charge >= 0.3 is 0 Å². The second-order valence-electron chi connectivity index (χ2n) is 7.95. The van der Waals surface area contributed by atoms with Gasteiger partial charge in [-0.1, -0.05) is 39.0 Å². The fourth-order valence-electron chi connectivity index (χ4n) is 4.05. The lowest BCUT2D eigenvalue weighted by molar-refractivity contribution is 0.511. The Labute approximate surface area is 152 Å². The van der Waals surface area contributed by atoms with Crippen molar-refractivity contribution in [1.82, 2.24) is 14.0 Å². The highest BCUT2D eigenvalue weighted by Gasteiger charge is 2.23. The summed E-state index contributed by atoms with van der Waals surface area (Å²) in [6.07, 6.45) is 5.36. The Morgan fingerprint density at radius 2 is 1.77 bits per heavy atom. The lowest BCUT2D eigenvalue weighted by Gasteiger charge is -2.25. The number of fused-ring (bicyclic) bond motifs is 6. The van der Waals surface area contributed by atoms with E-state index < -0.39 is 0 Å². The molecule has 0 unspecified atom stereocenters. The maximum Gasteiger partial charge on any atom is 0.146 e. The molecule has 5 aromatic rings. The number of aryl methyl sites for hydroxylation is 1. The van der Waals surface area contributed by atoms with E-state index in [0.717, 1.165) is 17.6 Å². The van der Waals surface area contributed by atoms with Crippen molar-refractivity contribution in [2.45, 2.75) is 32.6 Å². The van der Waals surface area contributed by atoms with Gasteiger partial charge in [-0.2, -0.15) is 0 Å². The summed E-state index contributed by atoms with van der Waals surface area (Å²) < 4.78 is 4.42. The van der Waals surface area contributed by atoms with E-state index in [0.29, 0.717) is 0 Å². The first-order valence-corrected chi connectivity index (χ1v) is 9.29. The molecule has 0 aliphatic carbocycles. The molecular formula is C23H23N3. The summed E-state index contributed by atoms with van der Waals surface area (Å²) in [7, 11) is 2.09. The topological polar surface area (TPSA) is 22.2 Å². The van der Waals surface area contributed by atoms with Crippen molar-refractivity contribution in [3.05, 3.63) is 60.4 Å². The molecule has 0 aliphatic heterocycles. The van der Waals surface area contributed by atoms with Crippen molar-refractivity contribution in [2.24, 2.45) is 7.05 Å². The first kappa shape index (κ1) is 15.4. The Morgan fingerprint density at radius 1 is 0.962 bits per heavy atom. The van der Waals surface area contributed by atoms with E-state index >= 15 is 0 Å². The molecule has 2 aromatic carbocycles. The zero-order chi connectivity index (χ0) is 18.1. The molecule has 0 saturated heterocycles. The highest BCUT2D eigenvalue weighted by atomic mass is 15.0. The Balaban J connectivity index is 1.97. The molecule has 3 aromatic heterocycles. The Kier molecular flexibility index (Phi) is 3.03. The number of aromatic nitrogens is 3. The van der Waals surface area contributed by atoms with Crippen molar-refractivity contribution in [1.29, 1.82) is 0 Å². The molecule has 26 heavy (non-hydrogen) atoms. The van der Waals surface area contributed by atoms with E-state index in [4.69, 9.17) is 4.98 Å². The summed E-state index contributed by atoms with van der Waals surface area (Å²) in [6.45, 7) is 6.90. The van der Waals surface area contributed by atoms with E-state index in [1.165, 1.54) is 32.8 Å². The van der Waals surface area contributed by atoms with Gasteiger partial charge in [0.1, 0.15) is 5.65 Å². The average molecular weight is 341 g/mol. The minimum absolute atomic E-state index is 0.115. The lowest BCUT2D eigenvalue weighted by atomic mass is 9.80. The average Bonchev–Trinajstić information content (AvgIpc) is 3.19. The summed E-state index contributed by atoms with van der Waals surface area (Å²) in [5, 5.41) is 3.78. The van der Waals surface area contributed by atoms with Gasteiger partial charge in [0.2, 0.25) is 0 Å². The Bertz CT molecular complexity index is 1300. The fourth-order valence-corrected chi connectivity index (χ4v) is 4.05. The van der Waals surface area contributed by atoms with Crippen LogP contribution in [0.3, 0.4) is 0 Å². The van der Waals surface area contributed by atoms with Crippen LogP contribution in [-0.2, 0) is 12.5 Å². The van der Waals surface area contributed by atoms with Gasteiger partial charge in [0.15, 0.2) is 0 Å². The Hall–Kier alpha value is -2.81. The molecule has 3 nitrogen and oxygen atoms in total. The predicted molar refractivity (Wildman–Crippen MR) is 110 cm³/mol. The second kappa shape index (κ2) is 5.10. The Morgan fingerprint density at radius 3 is 2.58 bits per heavy atom. The van der Waals surface area contributed by atoms with E-state index in [1.54, 1.807) is 0 Å². The van der Waals surface area contributed by atoms with Crippen LogP contribution in [0.15, 0.2) is 54.9 Å². The van der Waals surface area contributed by atoms with Crippen molar-refractivity contribution in [3.63, 3.8) is 0 Å². The van der Waals surface area contributed by atoms with E-state index in [9.17, 15) is 0 Å². The number of hydrogen-bond donors (Lipinski definition) is 0. The largest absolute Gasteiger partial charge is 0.350 e. The minimum Gasteiger partial charge on any atom is -0.350 e. The summed E-state index contributed by atoms with van der Waals surface area (Å²) in [5.41, 5.74) is 6.01. The fraction of sp³-hybridized carbons (Fsp3) is 0.261. The molecule has 0 aliphatic rings. The molecule has 0 bridgehead atoms. The molecule has 0 saturated carbocycles. The third-order valence-corrected chi connectivity index (χ3v) is 6.03. The highest BCUT2D eigenvalue weighted by molar-refractivity contribution is 6.03. The molecule has 0 fully saturated rings. The minimum atomic E-state index is 0.115. The van der Waals surface area contributed by atoms with Crippen LogP contribution in [0.1, 0.15) is 32.8 Å². The second-order valence-corrected chi connectivity index (χ2v) is 7.95. The van der Waals surface area contributed by atoms with Crippen molar-refractivity contribution < 1.29 is 0 Å². The standard InChI is InChI=1S/C23H23N3/c1-5-23(2,3)17-8-6-7-15-10-12-26-20-14-19-16(9-11-25(19)4)13-18(20)24-22(26)21(15)17/h6-14H,5H2,1-4H3. The van der Waals surface area contributed by atoms with Crippen LogP contribution < -0.4 is 0 Å². The smallest absolute Gasteiger partial charge is 0.146 e. The van der Waals surface area contributed by atoms with Crippen LogP contribution in [0, 0.1) is 0 Å². The van der Waals surface area contributed by atoms with Gasteiger partial charge in [0.25, 0.3) is 0 Å². The van der Waals surface area contributed by atoms with Crippen LogP contribution in [0.25, 0.3) is 38.4 Å². The van der Waals surface area contributed by atoms with E-state index in [1.807, 2.05) is 0 Å². The maximum absolute atomic E-state index is 5.06. The van der Waals surface area contributed by atoms with Crippen molar-refractivity contribution >= 4 is 38.4 Å². The first-order chi connectivity index (χ1) is 12.5. The highest BCUT2D eigenvalue weighted by Crippen LogP contribution is 2.36. The number of pyridine rings is 1. The van der Waals surface area contributed by atoms with Crippen LogP contribution in [0.2, 0.25) is 0 Å². The number of imidazole rings is 1. The molecule has 5 rings (SSSR count). The molecule has 3 heteroatoms. The molecule has 130 valence electrons. The van der Waals surface area contributed by atoms with Crippen molar-refractivity contribution in [3.8, 4) is 0 Å². The van der Waals surface area contributed by atoms with Gasteiger partial charge in [-0.15, -0.1) is 0 Å². The number of rotatable bonds is 2. The third-order valence-electron chi connectivity index (χ3n) is 6.03. The van der Waals surface area contributed by atoms with Crippen LogP contribution in [0.5, 0.6) is 0 Å². The summed E-state index contributed by atoms with van der Waals surface area (Å²) in [5.74, 6) is 0. The van der Waals surface area contributed by atoms with Gasteiger partial charge in [-0.3, -0.25) is 4.40 Å². The van der Waals surface area contributed by atoms with Gasteiger partial charge in [0, 0.05) is 35.7 Å².